The van der Waals surface area contributed by atoms with Crippen molar-refractivity contribution in [3.8, 4) is 29.4 Å². The first kappa shape index (κ1) is 23.3. The summed E-state index contributed by atoms with van der Waals surface area (Å²) in [6, 6.07) is 14.1. The van der Waals surface area contributed by atoms with Gasteiger partial charge in [0.05, 0.1) is 6.54 Å². The molecule has 0 unspecified atom stereocenters. The molecule has 0 aliphatic rings. The summed E-state index contributed by atoms with van der Waals surface area (Å²) in [7, 11) is 0. The lowest BCUT2D eigenvalue weighted by Crippen LogP contribution is -2.23. The van der Waals surface area contributed by atoms with E-state index in [0.29, 0.717) is 13.2 Å². The number of rotatable bonds is 7. The number of hydrogen-bond donors (Lipinski definition) is 2. The van der Waals surface area contributed by atoms with Gasteiger partial charge in [0.15, 0.2) is 0 Å². The number of nitrogens with zero attached hydrogens (tertiary/aromatic N) is 1. The first-order valence-electron chi connectivity index (χ1n) is 9.72. The standard InChI is InChI=1S/C25H29NOS2/c1-5-26(15-8-6-7-14-25(2,3)4)18-20-10-9-11-22(16-20)27-19-21-12-13-23(28)24(29)17-21/h9-13,16-17,28-29H,5,15,18-19H2,1-4H3. The van der Waals surface area contributed by atoms with Gasteiger partial charge in [0, 0.05) is 21.8 Å². The van der Waals surface area contributed by atoms with Gasteiger partial charge in [-0.25, -0.2) is 0 Å². The normalized spacial score (nSPS) is 10.7. The van der Waals surface area contributed by atoms with E-state index in [1.54, 1.807) is 0 Å². The Morgan fingerprint density at radius 3 is 2.45 bits per heavy atom. The number of thiol groups is 2. The highest BCUT2D eigenvalue weighted by Crippen LogP contribution is 2.21. The van der Waals surface area contributed by atoms with Crippen molar-refractivity contribution in [2.75, 3.05) is 13.1 Å². The lowest BCUT2D eigenvalue weighted by atomic mass is 9.98. The van der Waals surface area contributed by atoms with Gasteiger partial charge in [-0.05, 0) is 74.5 Å². The molecule has 0 amide bonds. The van der Waals surface area contributed by atoms with Crippen LogP contribution >= 0.6 is 25.3 Å². The van der Waals surface area contributed by atoms with E-state index in [1.165, 1.54) is 5.56 Å². The minimum atomic E-state index is -0.0111. The van der Waals surface area contributed by atoms with E-state index in [9.17, 15) is 0 Å². The maximum absolute atomic E-state index is 5.96. The zero-order valence-corrected chi connectivity index (χ0v) is 19.4. The fourth-order valence-electron chi connectivity index (χ4n) is 2.51. The summed E-state index contributed by atoms with van der Waals surface area (Å²) in [5.41, 5.74) is 2.26. The molecule has 0 aliphatic carbocycles. The highest BCUT2D eigenvalue weighted by atomic mass is 32.1. The van der Waals surface area contributed by atoms with E-state index in [2.05, 4.69) is 93.7 Å². The van der Waals surface area contributed by atoms with E-state index in [0.717, 1.165) is 34.2 Å². The van der Waals surface area contributed by atoms with Crippen LogP contribution in [0.15, 0.2) is 52.3 Å². The van der Waals surface area contributed by atoms with Gasteiger partial charge in [0.2, 0.25) is 0 Å². The molecule has 0 radical (unpaired) electrons. The lowest BCUT2D eigenvalue weighted by Gasteiger charge is -2.18. The van der Waals surface area contributed by atoms with Crippen molar-refractivity contribution in [3.05, 3.63) is 53.6 Å². The molecule has 2 rings (SSSR count). The molecule has 2 nitrogen and oxygen atoms in total. The Balaban J connectivity index is 1.94. The minimum absolute atomic E-state index is 0.0111. The third kappa shape index (κ3) is 8.92. The average Bonchev–Trinajstić information content (AvgIpc) is 2.67. The van der Waals surface area contributed by atoms with Gasteiger partial charge in [-0.1, -0.05) is 37.0 Å². The lowest BCUT2D eigenvalue weighted by molar-refractivity contribution is 0.300. The molecule has 0 spiro atoms. The molecule has 29 heavy (non-hydrogen) atoms. The Bertz CT molecular complexity index is 939. The summed E-state index contributed by atoms with van der Waals surface area (Å²) in [4.78, 5) is 4.00. The van der Waals surface area contributed by atoms with Gasteiger partial charge in [-0.3, -0.25) is 4.90 Å². The van der Waals surface area contributed by atoms with Crippen molar-refractivity contribution in [2.45, 2.75) is 50.6 Å². The number of benzene rings is 2. The Kier molecular flexibility index (Phi) is 9.05. The first-order valence-corrected chi connectivity index (χ1v) is 10.6. The van der Waals surface area contributed by atoms with Crippen LogP contribution in [0, 0.1) is 29.1 Å². The van der Waals surface area contributed by atoms with Gasteiger partial charge in [0.1, 0.15) is 12.4 Å². The fraction of sp³-hybridized carbons (Fsp3) is 0.360. The second-order valence-corrected chi connectivity index (χ2v) is 8.83. The topological polar surface area (TPSA) is 12.5 Å². The Morgan fingerprint density at radius 1 is 0.966 bits per heavy atom. The van der Waals surface area contributed by atoms with Crippen LogP contribution in [0.3, 0.4) is 0 Å². The van der Waals surface area contributed by atoms with Gasteiger partial charge in [0.25, 0.3) is 0 Å². The highest BCUT2D eigenvalue weighted by molar-refractivity contribution is 7.83. The third-order valence-electron chi connectivity index (χ3n) is 4.09. The molecular weight excluding hydrogens is 394 g/mol. The molecule has 0 fully saturated rings. The molecule has 2 aromatic carbocycles. The van der Waals surface area contributed by atoms with Crippen molar-refractivity contribution in [3.63, 3.8) is 0 Å². The Morgan fingerprint density at radius 2 is 1.76 bits per heavy atom. The van der Waals surface area contributed by atoms with Crippen LogP contribution in [0.25, 0.3) is 0 Å². The van der Waals surface area contributed by atoms with Gasteiger partial charge in [-0.2, -0.15) is 0 Å². The van der Waals surface area contributed by atoms with E-state index >= 15 is 0 Å². The van der Waals surface area contributed by atoms with Crippen molar-refractivity contribution in [1.82, 2.24) is 4.90 Å². The van der Waals surface area contributed by atoms with Crippen LogP contribution in [0.4, 0.5) is 0 Å². The third-order valence-corrected chi connectivity index (χ3v) is 5.02. The first-order chi connectivity index (χ1) is 13.8. The van der Waals surface area contributed by atoms with Crippen molar-refractivity contribution in [1.29, 1.82) is 0 Å². The molecule has 0 saturated heterocycles. The van der Waals surface area contributed by atoms with Crippen LogP contribution in [0.5, 0.6) is 5.75 Å². The molecule has 0 N–H and O–H groups in total. The molecule has 4 heteroatoms. The molecule has 0 heterocycles. The predicted octanol–water partition coefficient (Wildman–Crippen LogP) is 5.72. The summed E-state index contributed by atoms with van der Waals surface area (Å²) >= 11 is 8.76. The van der Waals surface area contributed by atoms with Gasteiger partial charge >= 0.3 is 0 Å². The van der Waals surface area contributed by atoms with Gasteiger partial charge < -0.3 is 4.74 Å². The van der Waals surface area contributed by atoms with Crippen LogP contribution in [0.1, 0.15) is 38.8 Å². The van der Waals surface area contributed by atoms with E-state index in [1.807, 2.05) is 30.3 Å². The molecule has 152 valence electrons. The summed E-state index contributed by atoms with van der Waals surface area (Å²) in [6.45, 7) is 11.3. The minimum Gasteiger partial charge on any atom is -0.489 e. The fourth-order valence-corrected chi connectivity index (χ4v) is 2.89. The molecule has 0 aliphatic heterocycles. The summed E-state index contributed by atoms with van der Waals surface area (Å²) in [5.74, 6) is 13.1. The van der Waals surface area contributed by atoms with Crippen molar-refractivity contribution in [2.24, 2.45) is 5.41 Å². The van der Waals surface area contributed by atoms with Crippen molar-refractivity contribution < 1.29 is 4.74 Å². The quantitative estimate of drug-likeness (QED) is 0.437. The summed E-state index contributed by atoms with van der Waals surface area (Å²) in [6.07, 6.45) is 0. The molecule has 0 saturated carbocycles. The summed E-state index contributed by atoms with van der Waals surface area (Å²) in [5, 5.41) is 0. The Hall–Kier alpha value is -1.98. The molecule has 0 bridgehead atoms. The molecular formula is C25H29NOS2. The summed E-state index contributed by atoms with van der Waals surface area (Å²) < 4.78 is 5.96. The SMILES string of the molecule is CCN(CC#CC#CC(C)(C)C)Cc1cccc(OCc2ccc(S)c(S)c2)c1. The smallest absolute Gasteiger partial charge is 0.120 e. The zero-order valence-electron chi connectivity index (χ0n) is 17.6. The molecule has 2 aromatic rings. The van der Waals surface area contributed by atoms with Crippen molar-refractivity contribution >= 4 is 25.3 Å². The molecule has 0 aromatic heterocycles. The second kappa shape index (κ2) is 11.3. The van der Waals surface area contributed by atoms with E-state index in [-0.39, 0.29) is 5.41 Å². The average molecular weight is 424 g/mol. The van der Waals surface area contributed by atoms with Gasteiger partial charge in [-0.15, -0.1) is 25.3 Å². The van der Waals surface area contributed by atoms with Crippen LogP contribution < -0.4 is 4.74 Å². The number of hydrogen-bond acceptors (Lipinski definition) is 4. The predicted molar refractivity (Wildman–Crippen MR) is 128 cm³/mol. The second-order valence-electron chi connectivity index (χ2n) is 7.86. The van der Waals surface area contributed by atoms with Crippen LogP contribution in [-0.2, 0) is 13.2 Å². The zero-order chi connectivity index (χ0) is 21.3. The highest BCUT2D eigenvalue weighted by Gasteiger charge is 2.05. The van der Waals surface area contributed by atoms with E-state index < -0.39 is 0 Å². The van der Waals surface area contributed by atoms with Crippen LogP contribution in [0.2, 0.25) is 0 Å². The molecule has 0 atom stereocenters. The number of ether oxygens (including phenoxy) is 1. The largest absolute Gasteiger partial charge is 0.489 e. The maximum Gasteiger partial charge on any atom is 0.120 e. The van der Waals surface area contributed by atoms with E-state index in [4.69, 9.17) is 4.74 Å². The maximum atomic E-state index is 5.96. The Labute approximate surface area is 186 Å². The van der Waals surface area contributed by atoms with Crippen LogP contribution in [-0.4, -0.2) is 18.0 Å². The monoisotopic (exact) mass is 423 g/mol.